The van der Waals surface area contributed by atoms with Gasteiger partial charge in [0.2, 0.25) is 12.7 Å². The average molecular weight is 588 g/mol. The van der Waals surface area contributed by atoms with Gasteiger partial charge < -0.3 is 24.2 Å². The maximum atomic E-state index is 14.6. The minimum absolute atomic E-state index is 0.0883. The quantitative estimate of drug-likeness (QED) is 0.311. The molecule has 1 aromatic heterocycles. The first-order chi connectivity index (χ1) is 20.5. The van der Waals surface area contributed by atoms with Crippen molar-refractivity contribution in [1.82, 2.24) is 20.0 Å². The summed E-state index contributed by atoms with van der Waals surface area (Å²) in [7, 11) is 0. The molecule has 6 rings (SSSR count). The molecule has 0 radical (unpaired) electrons. The fourth-order valence-corrected chi connectivity index (χ4v) is 5.25. The van der Waals surface area contributed by atoms with Crippen LogP contribution in [0.4, 0.5) is 10.2 Å². The summed E-state index contributed by atoms with van der Waals surface area (Å²) in [5, 5.41) is 9.33. The summed E-state index contributed by atoms with van der Waals surface area (Å²) >= 11 is 6.29. The second-order valence-electron chi connectivity index (χ2n) is 9.95. The average Bonchev–Trinajstić information content (AvgIpc) is 3.49. The van der Waals surface area contributed by atoms with Gasteiger partial charge in [-0.15, -0.1) is 10.2 Å². The normalized spacial score (nSPS) is 14.1. The zero-order valence-corrected chi connectivity index (χ0v) is 23.3. The minimum Gasteiger partial charge on any atom is -0.454 e. The van der Waals surface area contributed by atoms with Gasteiger partial charge in [0.15, 0.2) is 17.3 Å². The number of aromatic nitrogens is 2. The smallest absolute Gasteiger partial charge is 0.257 e. The van der Waals surface area contributed by atoms with Gasteiger partial charge in [-0.1, -0.05) is 48.0 Å². The van der Waals surface area contributed by atoms with Crippen LogP contribution in [0.2, 0.25) is 5.02 Å². The van der Waals surface area contributed by atoms with E-state index >= 15 is 0 Å². The largest absolute Gasteiger partial charge is 0.454 e. The Kier molecular flexibility index (Phi) is 7.87. The Balaban J connectivity index is 1.12. The maximum absolute atomic E-state index is 14.6. The van der Waals surface area contributed by atoms with Gasteiger partial charge in [0.1, 0.15) is 12.4 Å². The Morgan fingerprint density at radius 2 is 1.64 bits per heavy atom. The number of carbonyl (C=O) groups is 2. The van der Waals surface area contributed by atoms with Gasteiger partial charge in [-0.2, -0.15) is 0 Å². The van der Waals surface area contributed by atoms with Crippen molar-refractivity contribution in [2.45, 2.75) is 6.54 Å². The molecular formula is C31H27ClFN5O4. The van der Waals surface area contributed by atoms with Crippen LogP contribution in [-0.4, -0.2) is 71.3 Å². The number of halogens is 2. The monoisotopic (exact) mass is 587 g/mol. The van der Waals surface area contributed by atoms with Crippen molar-refractivity contribution in [3.05, 3.63) is 101 Å². The number of rotatable bonds is 7. The van der Waals surface area contributed by atoms with Crippen LogP contribution >= 0.6 is 11.6 Å². The number of hydrogen-bond acceptors (Lipinski definition) is 7. The first-order valence-electron chi connectivity index (χ1n) is 13.5. The summed E-state index contributed by atoms with van der Waals surface area (Å²) in [6, 6.07) is 22.3. The molecule has 0 atom stereocenters. The highest BCUT2D eigenvalue weighted by Crippen LogP contribution is 2.33. The molecule has 2 amide bonds. The third-order valence-corrected chi connectivity index (χ3v) is 7.61. The summed E-state index contributed by atoms with van der Waals surface area (Å²) in [6.07, 6.45) is 0. The SMILES string of the molecule is O=C(CN(Cc1ccc2c(c1)OCO2)C(=O)c1ccccc1F)N1CCN(c2ccc(-c3ccccc3Cl)nn2)CC1. The third-order valence-electron chi connectivity index (χ3n) is 7.28. The molecule has 4 aromatic rings. The third kappa shape index (κ3) is 5.84. The Labute approximate surface area is 247 Å². The molecule has 2 aliphatic rings. The highest BCUT2D eigenvalue weighted by molar-refractivity contribution is 6.33. The molecule has 0 aliphatic carbocycles. The highest BCUT2D eigenvalue weighted by atomic mass is 35.5. The van der Waals surface area contributed by atoms with Gasteiger partial charge in [-0.05, 0) is 48.0 Å². The van der Waals surface area contributed by atoms with Gasteiger partial charge in [0.25, 0.3) is 5.91 Å². The molecule has 0 bridgehead atoms. The van der Waals surface area contributed by atoms with Crippen LogP contribution in [0.3, 0.4) is 0 Å². The lowest BCUT2D eigenvalue weighted by molar-refractivity contribution is -0.132. The fourth-order valence-electron chi connectivity index (χ4n) is 5.02. The second-order valence-corrected chi connectivity index (χ2v) is 10.4. The molecule has 42 heavy (non-hydrogen) atoms. The van der Waals surface area contributed by atoms with Crippen molar-refractivity contribution < 1.29 is 23.5 Å². The zero-order valence-electron chi connectivity index (χ0n) is 22.6. The lowest BCUT2D eigenvalue weighted by Crippen LogP contribution is -2.52. The molecular weight excluding hydrogens is 561 g/mol. The molecule has 0 unspecified atom stereocenters. The summed E-state index contributed by atoms with van der Waals surface area (Å²) in [6.45, 7) is 2.01. The van der Waals surface area contributed by atoms with Crippen molar-refractivity contribution in [1.29, 1.82) is 0 Å². The van der Waals surface area contributed by atoms with Gasteiger partial charge in [-0.3, -0.25) is 9.59 Å². The van der Waals surface area contributed by atoms with Gasteiger partial charge in [0.05, 0.1) is 16.3 Å². The van der Waals surface area contributed by atoms with Crippen molar-refractivity contribution in [2.75, 3.05) is 44.4 Å². The molecule has 0 N–H and O–H groups in total. The van der Waals surface area contributed by atoms with Crippen LogP contribution in [-0.2, 0) is 11.3 Å². The lowest BCUT2D eigenvalue weighted by atomic mass is 10.1. The number of nitrogens with zero attached hydrogens (tertiary/aromatic N) is 5. The number of carbonyl (C=O) groups excluding carboxylic acids is 2. The Morgan fingerprint density at radius 1 is 0.881 bits per heavy atom. The van der Waals surface area contributed by atoms with Gasteiger partial charge >= 0.3 is 0 Å². The number of amides is 2. The number of hydrogen-bond donors (Lipinski definition) is 0. The van der Waals surface area contributed by atoms with E-state index in [4.69, 9.17) is 21.1 Å². The predicted molar refractivity (Wildman–Crippen MR) is 155 cm³/mol. The summed E-state index contributed by atoms with van der Waals surface area (Å²) in [5.41, 5.74) is 2.14. The molecule has 1 saturated heterocycles. The van der Waals surface area contributed by atoms with Crippen molar-refractivity contribution in [3.63, 3.8) is 0 Å². The van der Waals surface area contributed by atoms with E-state index in [2.05, 4.69) is 15.1 Å². The molecule has 3 aromatic carbocycles. The molecule has 3 heterocycles. The van der Waals surface area contributed by atoms with E-state index in [-0.39, 0.29) is 31.4 Å². The number of fused-ring (bicyclic) bond motifs is 1. The van der Waals surface area contributed by atoms with Gasteiger partial charge in [-0.25, -0.2) is 4.39 Å². The van der Waals surface area contributed by atoms with E-state index in [1.807, 2.05) is 36.4 Å². The Morgan fingerprint density at radius 3 is 2.40 bits per heavy atom. The van der Waals surface area contributed by atoms with Crippen LogP contribution < -0.4 is 14.4 Å². The molecule has 214 valence electrons. The predicted octanol–water partition coefficient (Wildman–Crippen LogP) is 4.66. The number of ether oxygens (including phenoxy) is 2. The summed E-state index contributed by atoms with van der Waals surface area (Å²) in [4.78, 5) is 32.0. The lowest BCUT2D eigenvalue weighted by Gasteiger charge is -2.36. The van der Waals surface area contributed by atoms with E-state index in [0.29, 0.717) is 54.2 Å². The van der Waals surface area contributed by atoms with Crippen molar-refractivity contribution >= 4 is 29.2 Å². The first kappa shape index (κ1) is 27.5. The Bertz CT molecular complexity index is 1610. The van der Waals surface area contributed by atoms with E-state index in [9.17, 15) is 14.0 Å². The van der Waals surface area contributed by atoms with E-state index in [1.54, 1.807) is 29.2 Å². The topological polar surface area (TPSA) is 88.1 Å². The zero-order chi connectivity index (χ0) is 29.1. The van der Waals surface area contributed by atoms with Crippen molar-refractivity contribution in [2.24, 2.45) is 0 Å². The number of anilines is 1. The van der Waals surface area contributed by atoms with Crippen LogP contribution in [0, 0.1) is 5.82 Å². The summed E-state index contributed by atoms with van der Waals surface area (Å²) in [5.74, 6) is 0.462. The number of benzene rings is 3. The molecule has 0 spiro atoms. The number of piperazine rings is 1. The van der Waals surface area contributed by atoms with E-state index in [1.165, 1.54) is 23.1 Å². The van der Waals surface area contributed by atoms with Crippen LogP contribution in [0.5, 0.6) is 11.5 Å². The molecule has 1 fully saturated rings. The highest BCUT2D eigenvalue weighted by Gasteiger charge is 2.28. The van der Waals surface area contributed by atoms with Crippen molar-refractivity contribution in [3.8, 4) is 22.8 Å². The molecule has 0 saturated carbocycles. The summed E-state index contributed by atoms with van der Waals surface area (Å²) < 4.78 is 25.4. The first-order valence-corrected chi connectivity index (χ1v) is 13.9. The molecule has 11 heteroatoms. The standard InChI is InChI=1S/C31H27ClFN5O4/c32-24-7-3-1-5-22(24)26-10-12-29(35-34-26)36-13-15-37(16-14-36)30(39)19-38(31(40)23-6-2-4-8-25(23)33)18-21-9-11-27-28(17-21)42-20-41-27/h1-12,17H,13-16,18-20H2. The molecule has 9 nitrogen and oxygen atoms in total. The van der Waals surface area contributed by atoms with Gasteiger partial charge in [0, 0.05) is 38.3 Å². The second kappa shape index (κ2) is 12.0. The minimum atomic E-state index is -0.638. The van der Waals surface area contributed by atoms with E-state index < -0.39 is 11.7 Å². The van der Waals surface area contributed by atoms with Crippen LogP contribution in [0.15, 0.2) is 78.9 Å². The molecule has 2 aliphatic heterocycles. The Hall–Kier alpha value is -4.70. The maximum Gasteiger partial charge on any atom is 0.257 e. The van der Waals surface area contributed by atoms with Crippen LogP contribution in [0.1, 0.15) is 15.9 Å². The fraction of sp³-hybridized carbons (Fsp3) is 0.226. The van der Waals surface area contributed by atoms with E-state index in [0.717, 1.165) is 11.1 Å². The van der Waals surface area contributed by atoms with Crippen LogP contribution in [0.25, 0.3) is 11.3 Å².